The first-order valence-electron chi connectivity index (χ1n) is 7.43. The highest BCUT2D eigenvalue weighted by molar-refractivity contribution is 7.16. The second kappa shape index (κ2) is 6.44. The molecule has 116 valence electrons. The minimum absolute atomic E-state index is 0.0387. The number of hydrogen-bond acceptors (Lipinski definition) is 4. The normalized spacial score (nSPS) is 16.3. The van der Waals surface area contributed by atoms with Gasteiger partial charge in [-0.05, 0) is 25.0 Å². The summed E-state index contributed by atoms with van der Waals surface area (Å²) in [7, 11) is 1.36. The third-order valence-corrected chi connectivity index (χ3v) is 5.07. The minimum atomic E-state index is -0.349. The molecule has 0 N–H and O–H groups in total. The van der Waals surface area contributed by atoms with E-state index in [9.17, 15) is 9.59 Å². The molecule has 1 saturated carbocycles. The van der Waals surface area contributed by atoms with E-state index in [1.54, 1.807) is 4.57 Å². The Labute approximate surface area is 132 Å². The molecule has 3 rings (SSSR count). The Kier molecular flexibility index (Phi) is 4.38. The molecule has 0 bridgehead atoms. The first-order valence-corrected chi connectivity index (χ1v) is 8.24. The van der Waals surface area contributed by atoms with Crippen LogP contribution < -0.4 is 4.80 Å². The number of carbonyl (C=O) groups is 2. The van der Waals surface area contributed by atoms with E-state index in [2.05, 4.69) is 4.99 Å². The van der Waals surface area contributed by atoms with Gasteiger partial charge in [-0.25, -0.2) is 0 Å². The van der Waals surface area contributed by atoms with Gasteiger partial charge in [-0.1, -0.05) is 36.3 Å². The Balaban J connectivity index is 2.05. The first kappa shape index (κ1) is 15.0. The molecular formula is C16H18N2O3S. The lowest BCUT2D eigenvalue weighted by atomic mass is 10.1. The Morgan fingerprint density at radius 1 is 1.32 bits per heavy atom. The van der Waals surface area contributed by atoms with Crippen molar-refractivity contribution in [1.29, 1.82) is 0 Å². The molecule has 22 heavy (non-hydrogen) atoms. The van der Waals surface area contributed by atoms with Gasteiger partial charge in [-0.2, -0.15) is 4.99 Å². The van der Waals surface area contributed by atoms with Crippen LogP contribution in [-0.4, -0.2) is 23.6 Å². The van der Waals surface area contributed by atoms with Crippen LogP contribution in [0.3, 0.4) is 0 Å². The van der Waals surface area contributed by atoms with E-state index in [4.69, 9.17) is 4.74 Å². The van der Waals surface area contributed by atoms with Crippen molar-refractivity contribution < 1.29 is 14.3 Å². The van der Waals surface area contributed by atoms with Crippen LogP contribution in [-0.2, 0) is 20.9 Å². The number of thiazole rings is 1. The van der Waals surface area contributed by atoms with E-state index < -0.39 is 0 Å². The van der Waals surface area contributed by atoms with E-state index in [-0.39, 0.29) is 24.3 Å². The summed E-state index contributed by atoms with van der Waals surface area (Å²) in [5.41, 5.74) is 0.899. The van der Waals surface area contributed by atoms with Gasteiger partial charge in [0.05, 0.1) is 17.3 Å². The zero-order valence-corrected chi connectivity index (χ0v) is 13.3. The number of amides is 1. The molecule has 0 spiro atoms. The number of carbonyl (C=O) groups excluding carboxylic acids is 2. The summed E-state index contributed by atoms with van der Waals surface area (Å²) in [6.07, 6.45) is 4.04. The molecule has 1 heterocycles. The zero-order valence-electron chi connectivity index (χ0n) is 12.4. The molecule has 1 fully saturated rings. The summed E-state index contributed by atoms with van der Waals surface area (Å²) >= 11 is 1.43. The maximum Gasteiger partial charge on any atom is 0.325 e. The summed E-state index contributed by atoms with van der Waals surface area (Å²) in [5.74, 6) is -0.377. The van der Waals surface area contributed by atoms with Gasteiger partial charge >= 0.3 is 5.97 Å². The lowest BCUT2D eigenvalue weighted by molar-refractivity contribution is -0.141. The van der Waals surface area contributed by atoms with Gasteiger partial charge in [-0.15, -0.1) is 0 Å². The molecule has 1 aliphatic carbocycles. The third-order valence-electron chi connectivity index (χ3n) is 4.01. The summed E-state index contributed by atoms with van der Waals surface area (Å²) in [6.45, 7) is 0.0668. The largest absolute Gasteiger partial charge is 0.468 e. The molecule has 2 aromatic rings. The number of aromatic nitrogens is 1. The monoisotopic (exact) mass is 318 g/mol. The molecule has 0 radical (unpaired) electrons. The Hall–Kier alpha value is -1.95. The second-order valence-corrected chi connectivity index (χ2v) is 6.46. The highest BCUT2D eigenvalue weighted by Crippen LogP contribution is 2.25. The quantitative estimate of drug-likeness (QED) is 0.817. The summed E-state index contributed by atoms with van der Waals surface area (Å²) in [5, 5.41) is 0. The highest BCUT2D eigenvalue weighted by atomic mass is 32.1. The van der Waals surface area contributed by atoms with Gasteiger partial charge in [0, 0.05) is 5.92 Å². The minimum Gasteiger partial charge on any atom is -0.468 e. The van der Waals surface area contributed by atoms with Gasteiger partial charge in [0.15, 0.2) is 4.80 Å². The fourth-order valence-electron chi connectivity index (χ4n) is 2.81. The number of rotatable bonds is 3. The van der Waals surface area contributed by atoms with E-state index in [0.29, 0.717) is 4.80 Å². The molecule has 1 aromatic carbocycles. The summed E-state index contributed by atoms with van der Waals surface area (Å²) in [6, 6.07) is 7.73. The predicted octanol–water partition coefficient (Wildman–Crippen LogP) is 2.49. The van der Waals surface area contributed by atoms with E-state index in [0.717, 1.165) is 35.9 Å². The molecule has 1 aromatic heterocycles. The van der Waals surface area contributed by atoms with Gasteiger partial charge in [0.1, 0.15) is 6.54 Å². The van der Waals surface area contributed by atoms with Crippen LogP contribution >= 0.6 is 11.3 Å². The maximum atomic E-state index is 12.3. The number of fused-ring (bicyclic) bond motifs is 1. The fraction of sp³-hybridized carbons (Fsp3) is 0.438. The third kappa shape index (κ3) is 2.97. The van der Waals surface area contributed by atoms with Crippen molar-refractivity contribution in [2.45, 2.75) is 32.2 Å². The Morgan fingerprint density at radius 3 is 2.77 bits per heavy atom. The lowest BCUT2D eigenvalue weighted by Gasteiger charge is -2.04. The molecule has 1 aliphatic rings. The molecular weight excluding hydrogens is 300 g/mol. The number of para-hydroxylation sites is 1. The molecule has 0 atom stereocenters. The fourth-order valence-corrected chi connectivity index (χ4v) is 3.85. The Bertz CT molecular complexity index is 769. The van der Waals surface area contributed by atoms with Crippen molar-refractivity contribution in [2.75, 3.05) is 7.11 Å². The number of esters is 1. The maximum absolute atomic E-state index is 12.3. The molecule has 0 aliphatic heterocycles. The average molecular weight is 318 g/mol. The SMILES string of the molecule is COC(=O)Cn1c(=NC(=O)C2CCCC2)sc2ccccc21. The van der Waals surface area contributed by atoms with Crippen molar-refractivity contribution >= 4 is 33.4 Å². The van der Waals surface area contributed by atoms with E-state index in [1.165, 1.54) is 18.4 Å². The number of benzene rings is 1. The molecule has 5 nitrogen and oxygen atoms in total. The van der Waals surface area contributed by atoms with Crippen LogP contribution in [0.1, 0.15) is 25.7 Å². The van der Waals surface area contributed by atoms with Crippen molar-refractivity contribution in [3.63, 3.8) is 0 Å². The average Bonchev–Trinajstić information content (AvgIpc) is 3.16. The van der Waals surface area contributed by atoms with Gasteiger partial charge in [0.25, 0.3) is 5.91 Å². The van der Waals surface area contributed by atoms with Crippen molar-refractivity contribution in [3.05, 3.63) is 29.1 Å². The number of hydrogen-bond donors (Lipinski definition) is 0. The summed E-state index contributed by atoms with van der Waals surface area (Å²) < 4.78 is 7.52. The van der Waals surface area contributed by atoms with Crippen molar-refractivity contribution in [2.24, 2.45) is 10.9 Å². The van der Waals surface area contributed by atoms with Crippen LogP contribution in [0.15, 0.2) is 29.3 Å². The topological polar surface area (TPSA) is 60.7 Å². The number of methoxy groups -OCH3 is 1. The standard InChI is InChI=1S/C16H18N2O3S/c1-21-14(19)10-18-12-8-4-5-9-13(12)22-16(18)17-15(20)11-6-2-3-7-11/h4-5,8-9,11H,2-3,6-7,10H2,1H3. The predicted molar refractivity (Wildman–Crippen MR) is 84.4 cm³/mol. The molecule has 0 saturated heterocycles. The van der Waals surface area contributed by atoms with Crippen LogP contribution in [0.5, 0.6) is 0 Å². The van der Waals surface area contributed by atoms with Crippen LogP contribution in [0, 0.1) is 5.92 Å². The van der Waals surface area contributed by atoms with Gasteiger partial charge in [0.2, 0.25) is 0 Å². The van der Waals surface area contributed by atoms with Crippen LogP contribution in [0.4, 0.5) is 0 Å². The smallest absolute Gasteiger partial charge is 0.325 e. The second-order valence-electron chi connectivity index (χ2n) is 5.45. The van der Waals surface area contributed by atoms with Crippen LogP contribution in [0.25, 0.3) is 10.2 Å². The zero-order chi connectivity index (χ0) is 15.5. The summed E-state index contributed by atoms with van der Waals surface area (Å²) in [4.78, 5) is 28.8. The van der Waals surface area contributed by atoms with Gasteiger partial charge in [-0.3, -0.25) is 9.59 Å². The number of nitrogens with zero attached hydrogens (tertiary/aromatic N) is 2. The van der Waals surface area contributed by atoms with Crippen LogP contribution in [0.2, 0.25) is 0 Å². The van der Waals surface area contributed by atoms with Crippen molar-refractivity contribution in [3.8, 4) is 0 Å². The first-order chi connectivity index (χ1) is 10.7. The van der Waals surface area contributed by atoms with Gasteiger partial charge < -0.3 is 9.30 Å². The Morgan fingerprint density at radius 2 is 2.05 bits per heavy atom. The molecule has 0 unspecified atom stereocenters. The molecule has 1 amide bonds. The highest BCUT2D eigenvalue weighted by Gasteiger charge is 2.22. The van der Waals surface area contributed by atoms with Crippen molar-refractivity contribution in [1.82, 2.24) is 4.57 Å². The lowest BCUT2D eigenvalue weighted by Crippen LogP contribution is -2.23. The molecule has 6 heteroatoms. The van der Waals surface area contributed by atoms with E-state index in [1.807, 2.05) is 24.3 Å². The van der Waals surface area contributed by atoms with E-state index >= 15 is 0 Å². The number of ether oxygens (including phenoxy) is 1.